The summed E-state index contributed by atoms with van der Waals surface area (Å²) in [6, 6.07) is 7.30. The number of nitrogens with two attached hydrogens (primary N) is 1. The van der Waals surface area contributed by atoms with Gasteiger partial charge in [0.05, 0.1) is 17.1 Å². The molecular formula is C13H13ClN2OS. The van der Waals surface area contributed by atoms with Gasteiger partial charge in [0, 0.05) is 10.6 Å². The lowest BCUT2D eigenvalue weighted by Crippen LogP contribution is -2.14. The molecule has 0 aliphatic carbocycles. The van der Waals surface area contributed by atoms with Crippen molar-refractivity contribution >= 4 is 40.2 Å². The second-order valence-electron chi connectivity index (χ2n) is 3.99. The Labute approximate surface area is 115 Å². The van der Waals surface area contributed by atoms with Crippen LogP contribution in [0.2, 0.25) is 5.02 Å². The molecule has 0 radical (unpaired) electrons. The molecule has 3 N–H and O–H groups in total. The van der Waals surface area contributed by atoms with Gasteiger partial charge in [-0.2, -0.15) is 0 Å². The highest BCUT2D eigenvalue weighted by Crippen LogP contribution is 2.26. The van der Waals surface area contributed by atoms with E-state index in [1.165, 1.54) is 0 Å². The molecule has 1 amide bonds. The van der Waals surface area contributed by atoms with Crippen molar-refractivity contribution in [3.8, 4) is 0 Å². The first-order valence-electron chi connectivity index (χ1n) is 5.44. The van der Waals surface area contributed by atoms with E-state index in [-0.39, 0.29) is 5.91 Å². The topological polar surface area (TPSA) is 55.1 Å². The fourth-order valence-electron chi connectivity index (χ4n) is 1.60. The molecule has 1 aromatic carbocycles. The van der Waals surface area contributed by atoms with Crippen LogP contribution in [-0.2, 0) is 11.2 Å². The zero-order chi connectivity index (χ0) is 13.1. The van der Waals surface area contributed by atoms with E-state index in [1.807, 2.05) is 24.4 Å². The number of halogens is 1. The molecule has 0 aliphatic heterocycles. The Kier molecular flexibility index (Phi) is 3.89. The molecule has 1 aromatic heterocycles. The SMILES string of the molecule is Cc1cc(N)c(Cl)cc1NC(=O)Cc1cccs1. The van der Waals surface area contributed by atoms with E-state index in [1.54, 1.807) is 23.5 Å². The van der Waals surface area contributed by atoms with Crippen LogP contribution in [0, 0.1) is 6.92 Å². The van der Waals surface area contributed by atoms with Gasteiger partial charge in [0.2, 0.25) is 5.91 Å². The summed E-state index contributed by atoms with van der Waals surface area (Å²) in [4.78, 5) is 12.9. The first-order chi connectivity index (χ1) is 8.56. The number of aryl methyl sites for hydroxylation is 1. The maximum absolute atomic E-state index is 11.8. The molecule has 0 unspecified atom stereocenters. The number of nitrogens with one attached hydrogen (secondary N) is 1. The van der Waals surface area contributed by atoms with Crippen LogP contribution in [0.1, 0.15) is 10.4 Å². The molecular weight excluding hydrogens is 268 g/mol. The second kappa shape index (κ2) is 5.42. The summed E-state index contributed by atoms with van der Waals surface area (Å²) in [6.45, 7) is 1.88. The summed E-state index contributed by atoms with van der Waals surface area (Å²) in [5.41, 5.74) is 7.81. The number of amides is 1. The number of hydrogen-bond donors (Lipinski definition) is 2. The summed E-state index contributed by atoms with van der Waals surface area (Å²) >= 11 is 7.50. The van der Waals surface area contributed by atoms with Crippen LogP contribution < -0.4 is 11.1 Å². The van der Waals surface area contributed by atoms with Crippen LogP contribution in [0.5, 0.6) is 0 Å². The van der Waals surface area contributed by atoms with E-state index in [9.17, 15) is 4.79 Å². The number of thiophene rings is 1. The average Bonchev–Trinajstić information content (AvgIpc) is 2.78. The van der Waals surface area contributed by atoms with Gasteiger partial charge in [-0.25, -0.2) is 0 Å². The third-order valence-electron chi connectivity index (χ3n) is 2.53. The monoisotopic (exact) mass is 280 g/mol. The minimum absolute atomic E-state index is 0.0543. The first kappa shape index (κ1) is 12.9. The van der Waals surface area contributed by atoms with E-state index in [4.69, 9.17) is 17.3 Å². The van der Waals surface area contributed by atoms with Gasteiger partial charge in [-0.3, -0.25) is 4.79 Å². The van der Waals surface area contributed by atoms with Crippen LogP contribution in [0.25, 0.3) is 0 Å². The molecule has 0 atom stereocenters. The van der Waals surface area contributed by atoms with Gasteiger partial charge >= 0.3 is 0 Å². The highest BCUT2D eigenvalue weighted by molar-refractivity contribution is 7.10. The molecule has 18 heavy (non-hydrogen) atoms. The van der Waals surface area contributed by atoms with Crippen LogP contribution in [0.3, 0.4) is 0 Å². The van der Waals surface area contributed by atoms with Crippen LogP contribution in [0.4, 0.5) is 11.4 Å². The maximum atomic E-state index is 11.8. The van der Waals surface area contributed by atoms with Gasteiger partial charge in [0.25, 0.3) is 0 Å². The summed E-state index contributed by atoms with van der Waals surface area (Å²) in [5.74, 6) is -0.0543. The molecule has 0 spiro atoms. The predicted molar refractivity (Wildman–Crippen MR) is 77.3 cm³/mol. The molecule has 3 nitrogen and oxygen atoms in total. The molecule has 0 bridgehead atoms. The van der Waals surface area contributed by atoms with Crippen molar-refractivity contribution in [3.05, 3.63) is 45.1 Å². The average molecular weight is 281 g/mol. The molecule has 1 heterocycles. The molecule has 0 saturated carbocycles. The lowest BCUT2D eigenvalue weighted by atomic mass is 10.1. The van der Waals surface area contributed by atoms with Crippen molar-refractivity contribution in [2.75, 3.05) is 11.1 Å². The lowest BCUT2D eigenvalue weighted by Gasteiger charge is -2.10. The standard InChI is InChI=1S/C13H13ClN2OS/c1-8-5-11(15)10(14)7-12(8)16-13(17)6-9-3-2-4-18-9/h2-5,7H,6,15H2,1H3,(H,16,17). The Hall–Kier alpha value is -1.52. The third kappa shape index (κ3) is 3.03. The highest BCUT2D eigenvalue weighted by atomic mass is 35.5. The molecule has 2 rings (SSSR count). The van der Waals surface area contributed by atoms with Crippen molar-refractivity contribution in [1.82, 2.24) is 0 Å². The minimum Gasteiger partial charge on any atom is -0.398 e. The van der Waals surface area contributed by atoms with Gasteiger partial charge in [-0.15, -0.1) is 11.3 Å². The molecule has 0 fully saturated rings. The van der Waals surface area contributed by atoms with Gasteiger partial charge < -0.3 is 11.1 Å². The quantitative estimate of drug-likeness (QED) is 0.846. The second-order valence-corrected chi connectivity index (χ2v) is 5.43. The smallest absolute Gasteiger partial charge is 0.229 e. The number of hydrogen-bond acceptors (Lipinski definition) is 3. The van der Waals surface area contributed by atoms with Crippen molar-refractivity contribution in [2.24, 2.45) is 0 Å². The summed E-state index contributed by atoms with van der Waals surface area (Å²) in [5, 5.41) is 5.25. The Bertz CT molecular complexity index is 567. The van der Waals surface area contributed by atoms with Gasteiger partial charge in [-0.05, 0) is 36.1 Å². The number of anilines is 2. The number of nitrogen functional groups attached to an aromatic ring is 1. The van der Waals surface area contributed by atoms with Crippen LogP contribution in [0.15, 0.2) is 29.6 Å². The normalized spacial score (nSPS) is 10.3. The first-order valence-corrected chi connectivity index (χ1v) is 6.70. The Morgan fingerprint density at radius 3 is 2.94 bits per heavy atom. The van der Waals surface area contributed by atoms with Crippen LogP contribution in [-0.4, -0.2) is 5.91 Å². The summed E-state index contributed by atoms with van der Waals surface area (Å²) in [7, 11) is 0. The van der Waals surface area contributed by atoms with E-state index in [0.29, 0.717) is 22.8 Å². The third-order valence-corrected chi connectivity index (χ3v) is 3.74. The van der Waals surface area contributed by atoms with Gasteiger partial charge in [-0.1, -0.05) is 17.7 Å². The molecule has 0 aliphatic rings. The number of rotatable bonds is 3. The van der Waals surface area contributed by atoms with Crippen LogP contribution >= 0.6 is 22.9 Å². The van der Waals surface area contributed by atoms with E-state index < -0.39 is 0 Å². The van der Waals surface area contributed by atoms with E-state index in [0.717, 1.165) is 10.4 Å². The zero-order valence-corrected chi connectivity index (χ0v) is 11.4. The summed E-state index contributed by atoms with van der Waals surface area (Å²) < 4.78 is 0. The van der Waals surface area contributed by atoms with E-state index in [2.05, 4.69) is 5.32 Å². The van der Waals surface area contributed by atoms with Crippen molar-refractivity contribution in [2.45, 2.75) is 13.3 Å². The van der Waals surface area contributed by atoms with Gasteiger partial charge in [0.1, 0.15) is 0 Å². The largest absolute Gasteiger partial charge is 0.398 e. The van der Waals surface area contributed by atoms with E-state index >= 15 is 0 Å². The van der Waals surface area contributed by atoms with Gasteiger partial charge in [0.15, 0.2) is 0 Å². The predicted octanol–water partition coefficient (Wildman–Crippen LogP) is 3.47. The molecule has 2 aromatic rings. The highest BCUT2D eigenvalue weighted by Gasteiger charge is 2.08. The molecule has 0 saturated heterocycles. The van der Waals surface area contributed by atoms with Crippen molar-refractivity contribution in [3.63, 3.8) is 0 Å². The Morgan fingerprint density at radius 2 is 2.28 bits per heavy atom. The Balaban J connectivity index is 2.09. The number of benzene rings is 1. The fraction of sp³-hybridized carbons (Fsp3) is 0.154. The number of carbonyl (C=O) groups excluding carboxylic acids is 1. The lowest BCUT2D eigenvalue weighted by molar-refractivity contribution is -0.115. The minimum atomic E-state index is -0.0543. The maximum Gasteiger partial charge on any atom is 0.229 e. The summed E-state index contributed by atoms with van der Waals surface area (Å²) in [6.07, 6.45) is 0.374. The molecule has 5 heteroatoms. The Morgan fingerprint density at radius 1 is 1.50 bits per heavy atom. The zero-order valence-electron chi connectivity index (χ0n) is 9.87. The van der Waals surface area contributed by atoms with Crippen molar-refractivity contribution < 1.29 is 4.79 Å². The molecule has 94 valence electrons. The fourth-order valence-corrected chi connectivity index (χ4v) is 2.47. The number of carbonyl (C=O) groups is 1. The van der Waals surface area contributed by atoms with Crippen molar-refractivity contribution in [1.29, 1.82) is 0 Å².